The molecular weight excluding hydrogens is 368 g/mol. The summed E-state index contributed by atoms with van der Waals surface area (Å²) < 4.78 is 17.3. The standard InChI is InChI=1S/C23H42O4Si/c1-18(11-10-12-19(2)15-16-25-20(3)24)13-14-21-23(7,27-21)17-26-28(8,9)22(4,5)6/h11,15,21H,10,12-14,16-17H2,1-9H3/b18-11+,19-15+/t21-,23-/m0/s1. The van der Waals surface area contributed by atoms with E-state index in [0.29, 0.717) is 19.3 Å². The minimum atomic E-state index is -1.72. The molecule has 28 heavy (non-hydrogen) atoms. The predicted octanol–water partition coefficient (Wildman–Crippen LogP) is 6.18. The van der Waals surface area contributed by atoms with Crippen molar-refractivity contribution in [2.45, 2.75) is 104 Å². The normalized spacial score (nSPS) is 23.7. The lowest BCUT2D eigenvalue weighted by Crippen LogP contribution is -2.43. The summed E-state index contributed by atoms with van der Waals surface area (Å²) in [4.78, 5) is 10.8. The van der Waals surface area contributed by atoms with E-state index in [2.05, 4.69) is 60.7 Å². The van der Waals surface area contributed by atoms with Crippen molar-refractivity contribution in [2.24, 2.45) is 0 Å². The van der Waals surface area contributed by atoms with E-state index in [9.17, 15) is 4.79 Å². The molecule has 4 nitrogen and oxygen atoms in total. The van der Waals surface area contributed by atoms with Gasteiger partial charge in [0.15, 0.2) is 8.32 Å². The fourth-order valence-electron chi connectivity index (χ4n) is 2.73. The first kappa shape index (κ1) is 25.1. The van der Waals surface area contributed by atoms with E-state index < -0.39 is 8.32 Å². The summed E-state index contributed by atoms with van der Waals surface area (Å²) in [7, 11) is -1.72. The van der Waals surface area contributed by atoms with Crippen molar-refractivity contribution in [1.29, 1.82) is 0 Å². The van der Waals surface area contributed by atoms with Crippen LogP contribution >= 0.6 is 0 Å². The van der Waals surface area contributed by atoms with Gasteiger partial charge in [-0.1, -0.05) is 38.0 Å². The van der Waals surface area contributed by atoms with Gasteiger partial charge in [0.1, 0.15) is 12.2 Å². The number of carbonyl (C=O) groups is 1. The molecule has 1 saturated heterocycles. The molecule has 0 bridgehead atoms. The van der Waals surface area contributed by atoms with Crippen molar-refractivity contribution >= 4 is 14.3 Å². The molecule has 1 heterocycles. The van der Waals surface area contributed by atoms with Gasteiger partial charge in [-0.3, -0.25) is 4.79 Å². The molecule has 162 valence electrons. The van der Waals surface area contributed by atoms with Crippen LogP contribution < -0.4 is 0 Å². The Morgan fingerprint density at radius 1 is 1.11 bits per heavy atom. The van der Waals surface area contributed by atoms with Crippen molar-refractivity contribution in [3.05, 3.63) is 23.3 Å². The monoisotopic (exact) mass is 410 g/mol. The van der Waals surface area contributed by atoms with Crippen LogP contribution in [-0.2, 0) is 18.7 Å². The Bertz CT molecular complexity index is 586. The van der Waals surface area contributed by atoms with E-state index in [1.807, 2.05) is 6.08 Å². The Morgan fingerprint density at radius 3 is 2.29 bits per heavy atom. The molecule has 2 atom stereocenters. The van der Waals surface area contributed by atoms with Crippen molar-refractivity contribution in [1.82, 2.24) is 0 Å². The molecule has 0 spiro atoms. The summed E-state index contributed by atoms with van der Waals surface area (Å²) in [6.45, 7) is 20.4. The van der Waals surface area contributed by atoms with Gasteiger partial charge in [0, 0.05) is 6.92 Å². The summed E-state index contributed by atoms with van der Waals surface area (Å²) in [6.07, 6.45) is 8.75. The van der Waals surface area contributed by atoms with Gasteiger partial charge in [-0.2, -0.15) is 0 Å². The first-order valence-electron chi connectivity index (χ1n) is 10.5. The maximum absolute atomic E-state index is 10.8. The van der Waals surface area contributed by atoms with Crippen LogP contribution in [0.2, 0.25) is 18.1 Å². The van der Waals surface area contributed by atoms with Crippen LogP contribution in [0.4, 0.5) is 0 Å². The van der Waals surface area contributed by atoms with Gasteiger partial charge in [-0.15, -0.1) is 0 Å². The zero-order valence-electron chi connectivity index (χ0n) is 19.6. The molecule has 0 aliphatic carbocycles. The Balaban J connectivity index is 2.30. The number of hydrogen-bond donors (Lipinski definition) is 0. The molecule has 0 radical (unpaired) electrons. The molecule has 0 amide bonds. The second-order valence-corrected chi connectivity index (χ2v) is 14.8. The number of epoxide rings is 1. The molecule has 0 N–H and O–H groups in total. The van der Waals surface area contributed by atoms with Crippen LogP contribution in [0, 0.1) is 0 Å². The third kappa shape index (κ3) is 8.62. The topological polar surface area (TPSA) is 48.1 Å². The highest BCUT2D eigenvalue weighted by Crippen LogP contribution is 2.43. The molecule has 5 heteroatoms. The van der Waals surface area contributed by atoms with Crippen molar-refractivity contribution < 1.29 is 18.7 Å². The Morgan fingerprint density at radius 2 is 1.71 bits per heavy atom. The number of hydrogen-bond acceptors (Lipinski definition) is 4. The third-order valence-electron chi connectivity index (χ3n) is 6.11. The first-order valence-corrected chi connectivity index (χ1v) is 13.4. The highest BCUT2D eigenvalue weighted by molar-refractivity contribution is 6.74. The summed E-state index contributed by atoms with van der Waals surface area (Å²) in [5, 5.41) is 0.234. The van der Waals surface area contributed by atoms with Gasteiger partial charge >= 0.3 is 5.97 Å². The molecular formula is C23H42O4Si. The van der Waals surface area contributed by atoms with Crippen molar-refractivity contribution in [3.8, 4) is 0 Å². The lowest BCUT2D eigenvalue weighted by Gasteiger charge is -2.36. The van der Waals surface area contributed by atoms with E-state index in [4.69, 9.17) is 13.9 Å². The van der Waals surface area contributed by atoms with Gasteiger partial charge in [0.05, 0.1) is 12.7 Å². The molecule has 1 fully saturated rings. The minimum absolute atomic E-state index is 0.105. The smallest absolute Gasteiger partial charge is 0.302 e. The highest BCUT2D eigenvalue weighted by Gasteiger charge is 2.53. The van der Waals surface area contributed by atoms with Crippen LogP contribution in [0.3, 0.4) is 0 Å². The highest BCUT2D eigenvalue weighted by atomic mass is 28.4. The lowest BCUT2D eigenvalue weighted by molar-refractivity contribution is -0.139. The number of allylic oxidation sites excluding steroid dienone is 3. The number of esters is 1. The Hall–Kier alpha value is -0.913. The van der Waals surface area contributed by atoms with Gasteiger partial charge in [0.2, 0.25) is 0 Å². The van der Waals surface area contributed by atoms with Crippen LogP contribution in [-0.4, -0.2) is 39.2 Å². The van der Waals surface area contributed by atoms with E-state index >= 15 is 0 Å². The average Bonchev–Trinajstić information content (AvgIpc) is 3.21. The van der Waals surface area contributed by atoms with E-state index in [1.165, 1.54) is 18.1 Å². The van der Waals surface area contributed by atoms with Crippen LogP contribution in [0.1, 0.15) is 74.1 Å². The zero-order valence-corrected chi connectivity index (χ0v) is 20.6. The minimum Gasteiger partial charge on any atom is -0.462 e. The molecule has 0 unspecified atom stereocenters. The second kappa shape index (κ2) is 10.2. The number of ether oxygens (including phenoxy) is 2. The fourth-order valence-corrected chi connectivity index (χ4v) is 3.81. The van der Waals surface area contributed by atoms with Crippen molar-refractivity contribution in [3.63, 3.8) is 0 Å². The van der Waals surface area contributed by atoms with Crippen LogP contribution in [0.5, 0.6) is 0 Å². The largest absolute Gasteiger partial charge is 0.462 e. The molecule has 0 aromatic rings. The second-order valence-electron chi connectivity index (χ2n) is 9.95. The number of rotatable bonds is 11. The van der Waals surface area contributed by atoms with E-state index in [0.717, 1.165) is 25.7 Å². The maximum Gasteiger partial charge on any atom is 0.302 e. The van der Waals surface area contributed by atoms with Crippen LogP contribution in [0.25, 0.3) is 0 Å². The van der Waals surface area contributed by atoms with Gasteiger partial charge in [-0.05, 0) is 70.7 Å². The third-order valence-corrected chi connectivity index (χ3v) is 10.6. The molecule has 1 aliphatic heterocycles. The summed E-state index contributed by atoms with van der Waals surface area (Å²) >= 11 is 0. The van der Waals surface area contributed by atoms with Gasteiger partial charge in [-0.25, -0.2) is 0 Å². The average molecular weight is 411 g/mol. The molecule has 1 rings (SSSR count). The SMILES string of the molecule is CC(=O)OC/C=C(\C)CC/C=C(\C)CC[C@@H]1O[C@@]1(C)CO[Si](C)(C)C(C)(C)C. The van der Waals surface area contributed by atoms with E-state index in [-0.39, 0.29) is 16.6 Å². The predicted molar refractivity (Wildman–Crippen MR) is 119 cm³/mol. The Labute approximate surface area is 173 Å². The van der Waals surface area contributed by atoms with Crippen LogP contribution in [0.15, 0.2) is 23.3 Å². The fraction of sp³-hybridized carbons (Fsp3) is 0.783. The molecule has 0 saturated carbocycles. The van der Waals surface area contributed by atoms with Gasteiger partial charge in [0.25, 0.3) is 0 Å². The lowest BCUT2D eigenvalue weighted by atomic mass is 10.0. The maximum atomic E-state index is 10.8. The summed E-state index contributed by atoms with van der Waals surface area (Å²) in [5.41, 5.74) is 2.56. The van der Waals surface area contributed by atoms with E-state index in [1.54, 1.807) is 0 Å². The molecule has 0 aromatic carbocycles. The van der Waals surface area contributed by atoms with Gasteiger partial charge < -0.3 is 13.9 Å². The molecule has 0 aromatic heterocycles. The zero-order chi connectivity index (χ0) is 21.6. The Kier molecular flexibility index (Phi) is 9.17. The summed E-state index contributed by atoms with van der Waals surface area (Å²) in [5.74, 6) is -0.233. The van der Waals surface area contributed by atoms with Crippen molar-refractivity contribution in [2.75, 3.05) is 13.2 Å². The number of carbonyl (C=O) groups excluding carboxylic acids is 1. The summed E-state index contributed by atoms with van der Waals surface area (Å²) in [6, 6.07) is 0. The first-order chi connectivity index (χ1) is 12.8. The molecule has 1 aliphatic rings. The quantitative estimate of drug-likeness (QED) is 0.176.